The lowest BCUT2D eigenvalue weighted by Crippen LogP contribution is -2.19. The maximum atomic E-state index is 12.2. The van der Waals surface area contributed by atoms with Gasteiger partial charge in [-0.3, -0.25) is 9.36 Å². The van der Waals surface area contributed by atoms with Crippen LogP contribution in [0.2, 0.25) is 0 Å². The van der Waals surface area contributed by atoms with Crippen LogP contribution in [-0.4, -0.2) is 14.8 Å². The number of hydrogen-bond acceptors (Lipinski definition) is 5. The second kappa shape index (κ2) is 6.97. The normalized spacial score (nSPS) is 10.9. The number of amides is 1. The van der Waals surface area contributed by atoms with Crippen LogP contribution in [0.5, 0.6) is 0 Å². The number of nitrogens with one attached hydrogen (secondary N) is 1. The zero-order valence-electron chi connectivity index (χ0n) is 13.7. The van der Waals surface area contributed by atoms with Gasteiger partial charge < -0.3 is 9.73 Å². The quantitative estimate of drug-likeness (QED) is 0.584. The van der Waals surface area contributed by atoms with Crippen LogP contribution in [0.15, 0.2) is 69.9 Å². The van der Waals surface area contributed by atoms with E-state index in [9.17, 15) is 9.59 Å². The van der Waals surface area contributed by atoms with Gasteiger partial charge >= 0.3 is 5.76 Å². The van der Waals surface area contributed by atoms with Crippen LogP contribution < -0.4 is 11.1 Å². The number of aryl methyl sites for hydroxylation is 1. The predicted molar refractivity (Wildman–Crippen MR) is 101 cm³/mol. The topological polar surface area (TPSA) is 77.1 Å². The third-order valence-corrected chi connectivity index (χ3v) is 4.68. The van der Waals surface area contributed by atoms with Gasteiger partial charge in [-0.2, -0.15) is 4.37 Å². The SMILES string of the molecule is O=C(CCn1c(=O)oc2ccccc21)Nc1cc(-c2ccccc2)ns1. The molecule has 1 N–H and O–H groups in total. The number of oxazole rings is 1. The molecule has 4 rings (SSSR count). The second-order valence-corrected chi connectivity index (χ2v) is 6.53. The number of rotatable bonds is 5. The lowest BCUT2D eigenvalue weighted by Gasteiger charge is -2.03. The summed E-state index contributed by atoms with van der Waals surface area (Å²) >= 11 is 1.23. The number of fused-ring (bicyclic) bond motifs is 1. The summed E-state index contributed by atoms with van der Waals surface area (Å²) in [6.07, 6.45) is 0.169. The lowest BCUT2D eigenvalue weighted by atomic mass is 10.2. The summed E-state index contributed by atoms with van der Waals surface area (Å²) in [6, 6.07) is 18.8. The number of aromatic nitrogens is 2. The van der Waals surface area contributed by atoms with E-state index in [1.54, 1.807) is 18.2 Å². The van der Waals surface area contributed by atoms with Gasteiger partial charge in [0, 0.05) is 24.6 Å². The summed E-state index contributed by atoms with van der Waals surface area (Å²) in [5, 5.41) is 3.51. The molecule has 2 aromatic carbocycles. The van der Waals surface area contributed by atoms with Crippen molar-refractivity contribution in [2.24, 2.45) is 0 Å². The van der Waals surface area contributed by atoms with Gasteiger partial charge in [0.05, 0.1) is 11.2 Å². The molecule has 26 heavy (non-hydrogen) atoms. The average Bonchev–Trinajstić information content (AvgIpc) is 3.24. The molecule has 0 bridgehead atoms. The van der Waals surface area contributed by atoms with Crippen molar-refractivity contribution in [2.75, 3.05) is 5.32 Å². The summed E-state index contributed by atoms with van der Waals surface area (Å²) in [5.41, 5.74) is 3.03. The number of hydrogen-bond donors (Lipinski definition) is 1. The Hall–Kier alpha value is -3.19. The fourth-order valence-electron chi connectivity index (χ4n) is 2.72. The molecule has 0 saturated heterocycles. The highest BCUT2D eigenvalue weighted by Gasteiger charge is 2.12. The van der Waals surface area contributed by atoms with Gasteiger partial charge in [0.1, 0.15) is 5.00 Å². The minimum Gasteiger partial charge on any atom is -0.408 e. The van der Waals surface area contributed by atoms with Crippen molar-refractivity contribution in [2.45, 2.75) is 13.0 Å². The first kappa shape index (κ1) is 16.3. The molecule has 0 unspecified atom stereocenters. The molecule has 2 aromatic heterocycles. The van der Waals surface area contributed by atoms with E-state index in [0.29, 0.717) is 16.1 Å². The molecule has 1 amide bonds. The molecular formula is C19H15N3O3S. The van der Waals surface area contributed by atoms with Crippen molar-refractivity contribution in [1.82, 2.24) is 8.94 Å². The lowest BCUT2D eigenvalue weighted by molar-refractivity contribution is -0.116. The maximum absolute atomic E-state index is 12.2. The van der Waals surface area contributed by atoms with E-state index in [1.807, 2.05) is 42.5 Å². The van der Waals surface area contributed by atoms with E-state index in [1.165, 1.54) is 16.1 Å². The third-order valence-electron chi connectivity index (χ3n) is 3.98. The summed E-state index contributed by atoms with van der Waals surface area (Å²) in [6.45, 7) is 0.256. The van der Waals surface area contributed by atoms with Crippen LogP contribution in [0.4, 0.5) is 5.00 Å². The Labute approximate surface area is 152 Å². The first-order chi connectivity index (χ1) is 12.7. The molecule has 0 atom stereocenters. The van der Waals surface area contributed by atoms with Crippen LogP contribution in [-0.2, 0) is 11.3 Å². The number of anilines is 1. The van der Waals surface area contributed by atoms with Gasteiger partial charge in [-0.15, -0.1) is 0 Å². The zero-order chi connectivity index (χ0) is 17.9. The molecule has 0 radical (unpaired) electrons. The molecule has 0 saturated carbocycles. The zero-order valence-corrected chi connectivity index (χ0v) is 14.5. The Balaban J connectivity index is 1.42. The number of para-hydroxylation sites is 2. The van der Waals surface area contributed by atoms with Crippen molar-refractivity contribution in [3.8, 4) is 11.3 Å². The standard InChI is InChI=1S/C19H15N3O3S/c23-17(10-11-22-15-8-4-5-9-16(15)25-19(22)24)20-18-12-14(21-26-18)13-6-2-1-3-7-13/h1-9,12H,10-11H2,(H,20,23). The first-order valence-corrected chi connectivity index (χ1v) is 8.88. The Morgan fingerprint density at radius 3 is 2.73 bits per heavy atom. The van der Waals surface area contributed by atoms with Gasteiger partial charge in [-0.25, -0.2) is 4.79 Å². The van der Waals surface area contributed by atoms with E-state index >= 15 is 0 Å². The minimum absolute atomic E-state index is 0.169. The average molecular weight is 365 g/mol. The molecule has 2 heterocycles. The highest BCUT2D eigenvalue weighted by molar-refractivity contribution is 7.10. The van der Waals surface area contributed by atoms with Crippen molar-refractivity contribution >= 4 is 33.5 Å². The molecule has 0 aliphatic carbocycles. The number of carbonyl (C=O) groups is 1. The van der Waals surface area contributed by atoms with E-state index in [4.69, 9.17) is 4.42 Å². The fraction of sp³-hybridized carbons (Fsp3) is 0.105. The molecule has 6 nitrogen and oxygen atoms in total. The summed E-state index contributed by atoms with van der Waals surface area (Å²) < 4.78 is 11.0. The van der Waals surface area contributed by atoms with Crippen molar-refractivity contribution in [3.05, 3.63) is 71.2 Å². The Kier molecular flexibility index (Phi) is 4.37. The Bertz CT molecular complexity index is 1110. The minimum atomic E-state index is -0.455. The summed E-state index contributed by atoms with van der Waals surface area (Å²) in [4.78, 5) is 24.1. The largest absolute Gasteiger partial charge is 0.419 e. The van der Waals surface area contributed by atoms with Gasteiger partial charge in [0.15, 0.2) is 5.58 Å². The third kappa shape index (κ3) is 3.29. The highest BCUT2D eigenvalue weighted by atomic mass is 32.1. The summed E-state index contributed by atoms with van der Waals surface area (Å²) in [5.74, 6) is -0.631. The van der Waals surface area contributed by atoms with E-state index < -0.39 is 5.76 Å². The van der Waals surface area contributed by atoms with Gasteiger partial charge in [0.25, 0.3) is 0 Å². The van der Waals surface area contributed by atoms with Crippen LogP contribution >= 0.6 is 11.5 Å². The van der Waals surface area contributed by atoms with Crippen molar-refractivity contribution in [1.29, 1.82) is 0 Å². The van der Waals surface area contributed by atoms with Gasteiger partial charge in [-0.1, -0.05) is 42.5 Å². The maximum Gasteiger partial charge on any atom is 0.419 e. The fourth-order valence-corrected chi connectivity index (χ4v) is 3.40. The van der Waals surface area contributed by atoms with E-state index in [-0.39, 0.29) is 18.9 Å². The summed E-state index contributed by atoms with van der Waals surface area (Å²) in [7, 11) is 0. The van der Waals surface area contributed by atoms with Crippen LogP contribution in [0, 0.1) is 0 Å². The monoisotopic (exact) mass is 365 g/mol. The highest BCUT2D eigenvalue weighted by Crippen LogP contribution is 2.25. The molecule has 130 valence electrons. The molecule has 0 aliphatic heterocycles. The molecule has 0 spiro atoms. The molecule has 4 aromatic rings. The smallest absolute Gasteiger partial charge is 0.408 e. The Morgan fingerprint density at radius 1 is 1.12 bits per heavy atom. The van der Waals surface area contributed by atoms with Gasteiger partial charge in [0.2, 0.25) is 5.91 Å². The van der Waals surface area contributed by atoms with E-state index in [2.05, 4.69) is 9.69 Å². The predicted octanol–water partition coefficient (Wildman–Crippen LogP) is 3.75. The molecular weight excluding hydrogens is 350 g/mol. The van der Waals surface area contributed by atoms with Crippen LogP contribution in [0.3, 0.4) is 0 Å². The number of carbonyl (C=O) groups excluding carboxylic acids is 1. The molecule has 0 aliphatic rings. The van der Waals surface area contributed by atoms with E-state index in [0.717, 1.165) is 11.3 Å². The van der Waals surface area contributed by atoms with Crippen molar-refractivity contribution in [3.63, 3.8) is 0 Å². The van der Waals surface area contributed by atoms with Crippen molar-refractivity contribution < 1.29 is 9.21 Å². The molecule has 7 heteroatoms. The molecule has 0 fully saturated rings. The second-order valence-electron chi connectivity index (χ2n) is 5.73. The van der Waals surface area contributed by atoms with Gasteiger partial charge in [-0.05, 0) is 23.7 Å². The first-order valence-electron chi connectivity index (χ1n) is 8.11. The number of benzene rings is 2. The number of nitrogens with zero attached hydrogens (tertiary/aromatic N) is 2. The van der Waals surface area contributed by atoms with Crippen LogP contribution in [0.25, 0.3) is 22.4 Å². The Morgan fingerprint density at radius 2 is 1.88 bits per heavy atom. The van der Waals surface area contributed by atoms with Crippen LogP contribution in [0.1, 0.15) is 6.42 Å².